The van der Waals surface area contributed by atoms with Gasteiger partial charge in [0, 0.05) is 32.2 Å². The highest BCUT2D eigenvalue weighted by atomic mass is 16.5. The monoisotopic (exact) mass is 269 g/mol. The van der Waals surface area contributed by atoms with Crippen LogP contribution >= 0.6 is 0 Å². The van der Waals surface area contributed by atoms with E-state index < -0.39 is 0 Å². The van der Waals surface area contributed by atoms with Crippen molar-refractivity contribution in [1.82, 2.24) is 9.80 Å². The zero-order valence-electron chi connectivity index (χ0n) is 12.8. The minimum atomic E-state index is 0.378. The SMILES string of the molecule is CC1CCN(CC2CN(C(C)C)CCO2)CC1CN. The molecule has 2 heterocycles. The minimum absolute atomic E-state index is 0.378. The summed E-state index contributed by atoms with van der Waals surface area (Å²) < 4.78 is 5.94. The molecule has 0 aromatic heterocycles. The third-order valence-electron chi connectivity index (χ3n) is 4.86. The molecule has 2 saturated heterocycles. The molecule has 2 fully saturated rings. The average Bonchev–Trinajstić information content (AvgIpc) is 2.41. The number of nitrogens with zero attached hydrogens (tertiary/aromatic N) is 2. The summed E-state index contributed by atoms with van der Waals surface area (Å²) in [7, 11) is 0. The molecular weight excluding hydrogens is 238 g/mol. The fourth-order valence-corrected chi connectivity index (χ4v) is 3.31. The van der Waals surface area contributed by atoms with Crippen molar-refractivity contribution in [1.29, 1.82) is 0 Å². The van der Waals surface area contributed by atoms with Gasteiger partial charge in [0.1, 0.15) is 0 Å². The number of nitrogens with two attached hydrogens (primary N) is 1. The van der Waals surface area contributed by atoms with E-state index in [0.29, 0.717) is 18.1 Å². The lowest BCUT2D eigenvalue weighted by molar-refractivity contribution is -0.0578. The van der Waals surface area contributed by atoms with Gasteiger partial charge in [-0.2, -0.15) is 0 Å². The third kappa shape index (κ3) is 4.15. The molecular formula is C15H31N3O. The first-order valence-electron chi connectivity index (χ1n) is 7.88. The molecule has 2 N–H and O–H groups in total. The van der Waals surface area contributed by atoms with Gasteiger partial charge >= 0.3 is 0 Å². The quantitative estimate of drug-likeness (QED) is 0.827. The summed E-state index contributed by atoms with van der Waals surface area (Å²) in [4.78, 5) is 5.09. The van der Waals surface area contributed by atoms with Gasteiger partial charge in [-0.1, -0.05) is 6.92 Å². The molecule has 2 rings (SSSR count). The molecule has 0 amide bonds. The number of morpholine rings is 1. The Labute approximate surface area is 118 Å². The van der Waals surface area contributed by atoms with E-state index in [1.807, 2.05) is 0 Å². The van der Waals surface area contributed by atoms with Crippen LogP contribution in [0, 0.1) is 11.8 Å². The van der Waals surface area contributed by atoms with Crippen molar-refractivity contribution in [3.63, 3.8) is 0 Å². The molecule has 0 aromatic rings. The Morgan fingerprint density at radius 2 is 2.05 bits per heavy atom. The lowest BCUT2D eigenvalue weighted by Crippen LogP contribution is -2.52. The fraction of sp³-hybridized carbons (Fsp3) is 1.00. The molecule has 0 radical (unpaired) electrons. The Morgan fingerprint density at radius 3 is 2.74 bits per heavy atom. The van der Waals surface area contributed by atoms with E-state index in [4.69, 9.17) is 10.5 Å². The maximum absolute atomic E-state index is 5.94. The van der Waals surface area contributed by atoms with Crippen LogP contribution in [0.4, 0.5) is 0 Å². The Hall–Kier alpha value is -0.160. The summed E-state index contributed by atoms with van der Waals surface area (Å²) in [5.74, 6) is 1.44. The molecule has 0 spiro atoms. The van der Waals surface area contributed by atoms with Crippen LogP contribution in [0.3, 0.4) is 0 Å². The molecule has 4 heteroatoms. The third-order valence-corrected chi connectivity index (χ3v) is 4.86. The number of likely N-dealkylation sites (tertiary alicyclic amines) is 1. The number of ether oxygens (including phenoxy) is 1. The van der Waals surface area contributed by atoms with Crippen molar-refractivity contribution in [2.45, 2.75) is 39.3 Å². The largest absolute Gasteiger partial charge is 0.374 e. The molecule has 0 bridgehead atoms. The van der Waals surface area contributed by atoms with Crippen LogP contribution in [0.25, 0.3) is 0 Å². The maximum atomic E-state index is 5.94. The second-order valence-electron chi connectivity index (χ2n) is 6.60. The lowest BCUT2D eigenvalue weighted by Gasteiger charge is -2.41. The van der Waals surface area contributed by atoms with Crippen LogP contribution in [-0.2, 0) is 4.74 Å². The lowest BCUT2D eigenvalue weighted by atomic mass is 9.87. The van der Waals surface area contributed by atoms with Gasteiger partial charge in [-0.05, 0) is 45.2 Å². The van der Waals surface area contributed by atoms with Crippen LogP contribution < -0.4 is 5.73 Å². The average molecular weight is 269 g/mol. The van der Waals surface area contributed by atoms with Crippen molar-refractivity contribution in [3.05, 3.63) is 0 Å². The number of rotatable bonds is 4. The number of hydrogen-bond acceptors (Lipinski definition) is 4. The Bertz CT molecular complexity index is 268. The molecule has 0 saturated carbocycles. The summed E-state index contributed by atoms with van der Waals surface area (Å²) in [6, 6.07) is 0.629. The first-order chi connectivity index (χ1) is 9.10. The van der Waals surface area contributed by atoms with E-state index in [1.165, 1.54) is 13.0 Å². The van der Waals surface area contributed by atoms with Crippen LogP contribution in [0.1, 0.15) is 27.2 Å². The number of hydrogen-bond donors (Lipinski definition) is 1. The summed E-state index contributed by atoms with van der Waals surface area (Å²) >= 11 is 0. The smallest absolute Gasteiger partial charge is 0.0829 e. The first-order valence-corrected chi connectivity index (χ1v) is 7.88. The van der Waals surface area contributed by atoms with Crippen molar-refractivity contribution < 1.29 is 4.74 Å². The van der Waals surface area contributed by atoms with Gasteiger partial charge in [-0.3, -0.25) is 4.90 Å². The van der Waals surface area contributed by atoms with Gasteiger partial charge in [0.05, 0.1) is 12.7 Å². The van der Waals surface area contributed by atoms with Crippen LogP contribution in [-0.4, -0.2) is 67.8 Å². The topological polar surface area (TPSA) is 41.7 Å². The first kappa shape index (κ1) is 15.2. The highest BCUT2D eigenvalue weighted by molar-refractivity contribution is 4.82. The second kappa shape index (κ2) is 7.02. The van der Waals surface area contributed by atoms with Crippen molar-refractivity contribution in [2.75, 3.05) is 45.9 Å². The van der Waals surface area contributed by atoms with Gasteiger partial charge in [-0.25, -0.2) is 0 Å². The highest BCUT2D eigenvalue weighted by Crippen LogP contribution is 2.23. The van der Waals surface area contributed by atoms with Gasteiger partial charge in [0.25, 0.3) is 0 Å². The summed E-state index contributed by atoms with van der Waals surface area (Å²) in [6.45, 7) is 14.2. The fourth-order valence-electron chi connectivity index (χ4n) is 3.31. The van der Waals surface area contributed by atoms with Gasteiger partial charge < -0.3 is 15.4 Å². The maximum Gasteiger partial charge on any atom is 0.0829 e. The number of piperidine rings is 1. The second-order valence-corrected chi connectivity index (χ2v) is 6.60. The molecule has 0 aromatic carbocycles. The molecule has 4 nitrogen and oxygen atoms in total. The molecule has 0 aliphatic carbocycles. The van der Waals surface area contributed by atoms with Crippen molar-refractivity contribution in [3.8, 4) is 0 Å². The van der Waals surface area contributed by atoms with Crippen molar-refractivity contribution in [2.24, 2.45) is 17.6 Å². The van der Waals surface area contributed by atoms with E-state index in [2.05, 4.69) is 30.6 Å². The molecule has 3 unspecified atom stereocenters. The summed E-state index contributed by atoms with van der Waals surface area (Å²) in [6.07, 6.45) is 1.66. The summed E-state index contributed by atoms with van der Waals surface area (Å²) in [5.41, 5.74) is 5.88. The van der Waals surface area contributed by atoms with Crippen LogP contribution in [0.2, 0.25) is 0 Å². The van der Waals surface area contributed by atoms with Crippen LogP contribution in [0.5, 0.6) is 0 Å². The van der Waals surface area contributed by atoms with E-state index in [1.54, 1.807) is 0 Å². The highest BCUT2D eigenvalue weighted by Gasteiger charge is 2.29. The zero-order valence-corrected chi connectivity index (χ0v) is 12.8. The van der Waals surface area contributed by atoms with E-state index in [0.717, 1.165) is 45.2 Å². The molecule has 2 aliphatic rings. The zero-order chi connectivity index (χ0) is 13.8. The van der Waals surface area contributed by atoms with E-state index in [-0.39, 0.29) is 0 Å². The molecule has 2 aliphatic heterocycles. The summed E-state index contributed by atoms with van der Waals surface area (Å²) in [5, 5.41) is 0. The Kier molecular flexibility index (Phi) is 5.63. The molecule has 112 valence electrons. The minimum Gasteiger partial charge on any atom is -0.374 e. The standard InChI is InChI=1S/C15H31N3O/c1-12(2)18-6-7-19-15(11-18)10-17-5-4-13(3)14(8-16)9-17/h12-15H,4-11,16H2,1-3H3. The van der Waals surface area contributed by atoms with Crippen molar-refractivity contribution >= 4 is 0 Å². The van der Waals surface area contributed by atoms with E-state index >= 15 is 0 Å². The predicted molar refractivity (Wildman–Crippen MR) is 79.2 cm³/mol. The molecule has 3 atom stereocenters. The predicted octanol–water partition coefficient (Wildman–Crippen LogP) is 1.01. The van der Waals surface area contributed by atoms with Crippen LogP contribution in [0.15, 0.2) is 0 Å². The Balaban J connectivity index is 1.80. The normalized spacial score (nSPS) is 34.9. The van der Waals surface area contributed by atoms with Gasteiger partial charge in [0.2, 0.25) is 0 Å². The van der Waals surface area contributed by atoms with Gasteiger partial charge in [0.15, 0.2) is 0 Å². The molecule has 19 heavy (non-hydrogen) atoms. The van der Waals surface area contributed by atoms with E-state index in [9.17, 15) is 0 Å². The van der Waals surface area contributed by atoms with Gasteiger partial charge in [-0.15, -0.1) is 0 Å². The Morgan fingerprint density at radius 1 is 1.26 bits per heavy atom.